The van der Waals surface area contributed by atoms with Crippen LogP contribution in [0.4, 0.5) is 5.13 Å². The van der Waals surface area contributed by atoms with E-state index in [1.807, 2.05) is 12.1 Å². The summed E-state index contributed by atoms with van der Waals surface area (Å²) in [5.41, 5.74) is 3.88. The van der Waals surface area contributed by atoms with Gasteiger partial charge in [0, 0.05) is 26.2 Å². The average Bonchev–Trinajstić information content (AvgIpc) is 3.14. The molecule has 1 aliphatic heterocycles. The summed E-state index contributed by atoms with van der Waals surface area (Å²) in [5, 5.41) is 1.19. The Kier molecular flexibility index (Phi) is 6.68. The third kappa shape index (κ3) is 4.67. The van der Waals surface area contributed by atoms with Crippen LogP contribution in [0.25, 0.3) is 10.2 Å². The molecule has 1 aromatic heterocycles. The van der Waals surface area contributed by atoms with E-state index in [1.54, 1.807) is 28.4 Å². The minimum atomic E-state index is -0.102. The van der Waals surface area contributed by atoms with Crippen molar-refractivity contribution >= 4 is 44.2 Å². The predicted octanol–water partition coefficient (Wildman–Crippen LogP) is 4.94. The summed E-state index contributed by atoms with van der Waals surface area (Å²) >= 11 is 7.90. The number of rotatable bonds is 6. The fourth-order valence-electron chi connectivity index (χ4n) is 3.62. The molecule has 158 valence electrons. The number of hydrogen-bond acceptors (Lipinski definition) is 5. The number of hydrogen-bond donors (Lipinski definition) is 0. The van der Waals surface area contributed by atoms with Crippen molar-refractivity contribution in [2.24, 2.45) is 0 Å². The maximum atomic E-state index is 13.4. The minimum Gasteiger partial charge on any atom is -0.379 e. The number of anilines is 1. The van der Waals surface area contributed by atoms with Crippen molar-refractivity contribution in [3.63, 3.8) is 0 Å². The number of nitrogens with zero attached hydrogens (tertiary/aromatic N) is 3. The lowest BCUT2D eigenvalue weighted by molar-refractivity contribution is 0.0376. The second-order valence-corrected chi connectivity index (χ2v) is 9.06. The van der Waals surface area contributed by atoms with Crippen molar-refractivity contribution in [3.05, 3.63) is 58.1 Å². The van der Waals surface area contributed by atoms with Gasteiger partial charge in [0.15, 0.2) is 5.13 Å². The number of aromatic nitrogens is 1. The Morgan fingerprint density at radius 3 is 2.70 bits per heavy atom. The topological polar surface area (TPSA) is 45.7 Å². The van der Waals surface area contributed by atoms with Gasteiger partial charge in [0.1, 0.15) is 0 Å². The van der Waals surface area contributed by atoms with Crippen molar-refractivity contribution in [1.29, 1.82) is 0 Å². The fraction of sp³-hybridized carbons (Fsp3) is 0.391. The zero-order valence-corrected chi connectivity index (χ0v) is 18.9. The van der Waals surface area contributed by atoms with Crippen LogP contribution >= 0.6 is 22.9 Å². The standard InChI is InChI=1S/C23H26ClN3O2S/c1-16-14-20-21(15-17(16)2)30-23(25-20)27(9-5-8-26-10-12-29-13-11-26)22(28)18-6-3-4-7-19(18)24/h3-4,6-7,14-15H,5,8-13H2,1-2H3. The van der Waals surface area contributed by atoms with E-state index < -0.39 is 0 Å². The van der Waals surface area contributed by atoms with Crippen molar-refractivity contribution in [2.75, 3.05) is 44.3 Å². The molecule has 30 heavy (non-hydrogen) atoms. The SMILES string of the molecule is Cc1cc2nc(N(CCCN3CCOCC3)C(=O)c3ccccc3Cl)sc2cc1C. The fourth-order valence-corrected chi connectivity index (χ4v) is 4.91. The van der Waals surface area contributed by atoms with Gasteiger partial charge in [0.25, 0.3) is 5.91 Å². The van der Waals surface area contributed by atoms with Crippen LogP contribution in [0.3, 0.4) is 0 Å². The van der Waals surface area contributed by atoms with Gasteiger partial charge in [-0.15, -0.1) is 0 Å². The molecule has 0 saturated carbocycles. The number of fused-ring (bicyclic) bond motifs is 1. The molecule has 0 atom stereocenters. The first kappa shape index (κ1) is 21.2. The Hall–Kier alpha value is -1.99. The number of carbonyl (C=O) groups excluding carboxylic acids is 1. The Labute approximate surface area is 186 Å². The van der Waals surface area contributed by atoms with E-state index in [-0.39, 0.29) is 5.91 Å². The number of carbonyl (C=O) groups is 1. The lowest BCUT2D eigenvalue weighted by Gasteiger charge is -2.27. The highest BCUT2D eigenvalue weighted by Gasteiger charge is 2.23. The smallest absolute Gasteiger partial charge is 0.261 e. The Balaban J connectivity index is 1.61. The molecule has 1 amide bonds. The molecule has 1 saturated heterocycles. The van der Waals surface area contributed by atoms with Crippen LogP contribution in [0.2, 0.25) is 5.02 Å². The zero-order valence-electron chi connectivity index (χ0n) is 17.4. The molecule has 2 heterocycles. The minimum absolute atomic E-state index is 0.102. The molecule has 1 aliphatic rings. The van der Waals surface area contributed by atoms with Gasteiger partial charge in [-0.1, -0.05) is 35.1 Å². The highest BCUT2D eigenvalue weighted by Crippen LogP contribution is 2.32. The maximum Gasteiger partial charge on any atom is 0.261 e. The van der Waals surface area contributed by atoms with E-state index in [1.165, 1.54) is 11.1 Å². The molecule has 4 rings (SSSR count). The molecule has 5 nitrogen and oxygen atoms in total. The predicted molar refractivity (Wildman–Crippen MR) is 124 cm³/mol. The summed E-state index contributed by atoms with van der Waals surface area (Å²) in [6.45, 7) is 9.15. The summed E-state index contributed by atoms with van der Waals surface area (Å²) in [4.78, 5) is 22.4. The van der Waals surface area contributed by atoms with Gasteiger partial charge in [-0.3, -0.25) is 14.6 Å². The molecule has 3 aromatic rings. The zero-order chi connectivity index (χ0) is 21.1. The number of morpholine rings is 1. The lowest BCUT2D eigenvalue weighted by Crippen LogP contribution is -2.39. The van der Waals surface area contributed by atoms with Crippen LogP contribution in [0.5, 0.6) is 0 Å². The van der Waals surface area contributed by atoms with E-state index in [9.17, 15) is 4.79 Å². The largest absolute Gasteiger partial charge is 0.379 e. The second kappa shape index (κ2) is 9.43. The molecule has 0 unspecified atom stereocenters. The summed E-state index contributed by atoms with van der Waals surface area (Å²) in [7, 11) is 0. The summed E-state index contributed by atoms with van der Waals surface area (Å²) in [6.07, 6.45) is 0.865. The molecule has 0 N–H and O–H groups in total. The molecule has 0 aliphatic carbocycles. The first-order valence-corrected chi connectivity index (χ1v) is 11.5. The van der Waals surface area contributed by atoms with E-state index in [0.717, 1.165) is 54.6 Å². The number of ether oxygens (including phenoxy) is 1. The van der Waals surface area contributed by atoms with E-state index in [4.69, 9.17) is 21.3 Å². The van der Waals surface area contributed by atoms with Crippen LogP contribution in [0, 0.1) is 13.8 Å². The Morgan fingerprint density at radius 2 is 1.93 bits per heavy atom. The van der Waals surface area contributed by atoms with E-state index in [0.29, 0.717) is 17.1 Å². The Morgan fingerprint density at radius 1 is 1.20 bits per heavy atom. The molecule has 2 aromatic carbocycles. The molecule has 1 fully saturated rings. The molecular formula is C23H26ClN3O2S. The lowest BCUT2D eigenvalue weighted by atomic mass is 10.1. The molecular weight excluding hydrogens is 418 g/mol. The highest BCUT2D eigenvalue weighted by atomic mass is 35.5. The quantitative estimate of drug-likeness (QED) is 0.541. The van der Waals surface area contributed by atoms with Crippen molar-refractivity contribution < 1.29 is 9.53 Å². The average molecular weight is 444 g/mol. The van der Waals surface area contributed by atoms with E-state index in [2.05, 4.69) is 30.9 Å². The van der Waals surface area contributed by atoms with Crippen LogP contribution in [-0.2, 0) is 4.74 Å². The first-order chi connectivity index (χ1) is 14.5. The molecule has 7 heteroatoms. The third-order valence-electron chi connectivity index (χ3n) is 5.53. The first-order valence-electron chi connectivity index (χ1n) is 10.3. The van der Waals surface area contributed by atoms with Gasteiger partial charge in [-0.25, -0.2) is 4.98 Å². The molecule has 0 radical (unpaired) electrons. The van der Waals surface area contributed by atoms with Crippen molar-refractivity contribution in [3.8, 4) is 0 Å². The van der Waals surface area contributed by atoms with Crippen LogP contribution in [0.15, 0.2) is 36.4 Å². The molecule has 0 spiro atoms. The maximum absolute atomic E-state index is 13.4. The van der Waals surface area contributed by atoms with Gasteiger partial charge in [0.05, 0.1) is 34.0 Å². The van der Waals surface area contributed by atoms with Crippen LogP contribution in [0.1, 0.15) is 27.9 Å². The van der Waals surface area contributed by atoms with Gasteiger partial charge in [-0.05, 0) is 55.7 Å². The number of benzene rings is 2. The summed E-state index contributed by atoms with van der Waals surface area (Å²) < 4.78 is 6.53. The summed E-state index contributed by atoms with van der Waals surface area (Å²) in [6, 6.07) is 11.5. The van der Waals surface area contributed by atoms with Crippen LogP contribution < -0.4 is 4.90 Å². The number of amides is 1. The van der Waals surface area contributed by atoms with Gasteiger partial charge < -0.3 is 4.74 Å². The van der Waals surface area contributed by atoms with Gasteiger partial charge in [0.2, 0.25) is 0 Å². The molecule has 0 bridgehead atoms. The van der Waals surface area contributed by atoms with E-state index >= 15 is 0 Å². The monoisotopic (exact) mass is 443 g/mol. The number of halogens is 1. The van der Waals surface area contributed by atoms with Crippen LogP contribution in [-0.4, -0.2) is 55.2 Å². The second-order valence-electron chi connectivity index (χ2n) is 7.64. The van der Waals surface area contributed by atoms with Gasteiger partial charge >= 0.3 is 0 Å². The van der Waals surface area contributed by atoms with Gasteiger partial charge in [-0.2, -0.15) is 0 Å². The number of aryl methyl sites for hydroxylation is 2. The van der Waals surface area contributed by atoms with Crippen molar-refractivity contribution in [1.82, 2.24) is 9.88 Å². The third-order valence-corrected chi connectivity index (χ3v) is 6.90. The summed E-state index contributed by atoms with van der Waals surface area (Å²) in [5.74, 6) is -0.102. The normalized spacial score (nSPS) is 14.9. The number of thiazole rings is 1. The van der Waals surface area contributed by atoms with Crippen molar-refractivity contribution in [2.45, 2.75) is 20.3 Å². The highest BCUT2D eigenvalue weighted by molar-refractivity contribution is 7.22. The Bertz CT molecular complexity index is 1010.